The standard InChI is InChI=1S/C16H28N2/c1-6-18(7-2)13-15-11-9-8-10-14(15)12-17-16(3,4)5/h8-11,17H,6-7,12-13H2,1-5H3. The van der Waals surface area contributed by atoms with E-state index in [9.17, 15) is 0 Å². The molecule has 0 aliphatic rings. The van der Waals surface area contributed by atoms with Gasteiger partial charge in [-0.2, -0.15) is 0 Å². The zero-order valence-corrected chi connectivity index (χ0v) is 12.6. The maximum atomic E-state index is 3.57. The van der Waals surface area contributed by atoms with Crippen LogP contribution in [0.5, 0.6) is 0 Å². The van der Waals surface area contributed by atoms with Crippen molar-refractivity contribution < 1.29 is 0 Å². The van der Waals surface area contributed by atoms with Crippen LogP contribution in [0.3, 0.4) is 0 Å². The fourth-order valence-corrected chi connectivity index (χ4v) is 1.93. The minimum Gasteiger partial charge on any atom is -0.308 e. The summed E-state index contributed by atoms with van der Waals surface area (Å²) in [5.74, 6) is 0. The zero-order valence-electron chi connectivity index (χ0n) is 12.6. The second-order valence-corrected chi connectivity index (χ2v) is 5.83. The molecule has 102 valence electrons. The predicted molar refractivity (Wildman–Crippen MR) is 79.7 cm³/mol. The van der Waals surface area contributed by atoms with Crippen LogP contribution < -0.4 is 5.32 Å². The first-order chi connectivity index (χ1) is 8.46. The van der Waals surface area contributed by atoms with Crippen LogP contribution in [0.1, 0.15) is 45.7 Å². The fraction of sp³-hybridized carbons (Fsp3) is 0.625. The Kier molecular flexibility index (Phi) is 5.83. The van der Waals surface area contributed by atoms with Crippen molar-refractivity contribution in [3.8, 4) is 0 Å². The van der Waals surface area contributed by atoms with E-state index in [1.165, 1.54) is 11.1 Å². The molecule has 0 radical (unpaired) electrons. The largest absolute Gasteiger partial charge is 0.308 e. The number of rotatable bonds is 6. The molecule has 2 heteroatoms. The zero-order chi connectivity index (χ0) is 13.6. The summed E-state index contributed by atoms with van der Waals surface area (Å²) in [5.41, 5.74) is 3.03. The van der Waals surface area contributed by atoms with Crippen molar-refractivity contribution in [3.05, 3.63) is 35.4 Å². The summed E-state index contributed by atoms with van der Waals surface area (Å²) in [4.78, 5) is 2.45. The Morgan fingerprint density at radius 2 is 1.56 bits per heavy atom. The molecule has 18 heavy (non-hydrogen) atoms. The minimum atomic E-state index is 0.169. The topological polar surface area (TPSA) is 15.3 Å². The molecule has 1 aromatic carbocycles. The van der Waals surface area contributed by atoms with Gasteiger partial charge in [0.2, 0.25) is 0 Å². The van der Waals surface area contributed by atoms with Crippen molar-refractivity contribution >= 4 is 0 Å². The maximum Gasteiger partial charge on any atom is 0.0236 e. The predicted octanol–water partition coefficient (Wildman–Crippen LogP) is 3.42. The van der Waals surface area contributed by atoms with Gasteiger partial charge in [0.15, 0.2) is 0 Å². The van der Waals surface area contributed by atoms with E-state index >= 15 is 0 Å². The third-order valence-electron chi connectivity index (χ3n) is 3.22. The Hall–Kier alpha value is -0.860. The van der Waals surface area contributed by atoms with Crippen LogP contribution in [-0.2, 0) is 13.1 Å². The first-order valence-electron chi connectivity index (χ1n) is 7.00. The van der Waals surface area contributed by atoms with E-state index in [0.717, 1.165) is 26.2 Å². The molecule has 1 N–H and O–H groups in total. The molecule has 0 aliphatic heterocycles. The third kappa shape index (κ3) is 5.19. The highest BCUT2D eigenvalue weighted by Crippen LogP contribution is 2.13. The van der Waals surface area contributed by atoms with Gasteiger partial charge in [-0.3, -0.25) is 4.90 Å². The monoisotopic (exact) mass is 248 g/mol. The quantitative estimate of drug-likeness (QED) is 0.830. The lowest BCUT2D eigenvalue weighted by Crippen LogP contribution is -2.35. The van der Waals surface area contributed by atoms with E-state index in [2.05, 4.69) is 69.1 Å². The molecule has 0 amide bonds. The summed E-state index contributed by atoms with van der Waals surface area (Å²) in [6.45, 7) is 15.3. The average molecular weight is 248 g/mol. The van der Waals surface area contributed by atoms with Gasteiger partial charge in [0.1, 0.15) is 0 Å². The summed E-state index contributed by atoms with van der Waals surface area (Å²) >= 11 is 0. The van der Waals surface area contributed by atoms with Gasteiger partial charge in [-0.05, 0) is 45.0 Å². The second-order valence-electron chi connectivity index (χ2n) is 5.83. The Morgan fingerprint density at radius 3 is 2.06 bits per heavy atom. The SMILES string of the molecule is CCN(CC)Cc1ccccc1CNC(C)(C)C. The highest BCUT2D eigenvalue weighted by molar-refractivity contribution is 5.27. The van der Waals surface area contributed by atoms with Crippen molar-refractivity contribution in [1.29, 1.82) is 0 Å². The first kappa shape index (κ1) is 15.2. The Bertz CT molecular complexity index is 348. The van der Waals surface area contributed by atoms with Crippen LogP contribution in [0.25, 0.3) is 0 Å². The lowest BCUT2D eigenvalue weighted by molar-refractivity contribution is 0.294. The van der Waals surface area contributed by atoms with E-state index in [-0.39, 0.29) is 5.54 Å². The molecular weight excluding hydrogens is 220 g/mol. The molecule has 0 unspecified atom stereocenters. The van der Waals surface area contributed by atoms with E-state index < -0.39 is 0 Å². The van der Waals surface area contributed by atoms with Crippen molar-refractivity contribution in [2.45, 2.75) is 53.2 Å². The van der Waals surface area contributed by atoms with Crippen molar-refractivity contribution in [2.24, 2.45) is 0 Å². The summed E-state index contributed by atoms with van der Waals surface area (Å²) in [6, 6.07) is 8.75. The molecule has 0 bridgehead atoms. The van der Waals surface area contributed by atoms with Crippen molar-refractivity contribution in [2.75, 3.05) is 13.1 Å². The van der Waals surface area contributed by atoms with Crippen LogP contribution in [0.15, 0.2) is 24.3 Å². The highest BCUT2D eigenvalue weighted by Gasteiger charge is 2.11. The van der Waals surface area contributed by atoms with Gasteiger partial charge < -0.3 is 5.32 Å². The Balaban J connectivity index is 2.73. The van der Waals surface area contributed by atoms with Gasteiger partial charge in [-0.15, -0.1) is 0 Å². The number of nitrogens with zero attached hydrogens (tertiary/aromatic N) is 1. The summed E-state index contributed by atoms with van der Waals surface area (Å²) in [5, 5.41) is 3.57. The van der Waals surface area contributed by atoms with Crippen LogP contribution in [0, 0.1) is 0 Å². The van der Waals surface area contributed by atoms with E-state index in [1.54, 1.807) is 0 Å². The summed E-state index contributed by atoms with van der Waals surface area (Å²) in [6.07, 6.45) is 0. The van der Waals surface area contributed by atoms with Gasteiger partial charge >= 0.3 is 0 Å². The first-order valence-corrected chi connectivity index (χ1v) is 7.00. The minimum absolute atomic E-state index is 0.169. The highest BCUT2D eigenvalue weighted by atomic mass is 15.1. The molecule has 0 saturated heterocycles. The van der Waals surface area contributed by atoms with Crippen molar-refractivity contribution in [1.82, 2.24) is 10.2 Å². The Morgan fingerprint density at radius 1 is 1.00 bits per heavy atom. The van der Waals surface area contributed by atoms with Crippen LogP contribution in [-0.4, -0.2) is 23.5 Å². The molecule has 1 aromatic rings. The number of hydrogen-bond acceptors (Lipinski definition) is 2. The van der Waals surface area contributed by atoms with Gasteiger partial charge in [-0.25, -0.2) is 0 Å². The second kappa shape index (κ2) is 6.91. The maximum absolute atomic E-state index is 3.57. The lowest BCUT2D eigenvalue weighted by atomic mass is 10.0. The van der Waals surface area contributed by atoms with Crippen molar-refractivity contribution in [3.63, 3.8) is 0 Å². The van der Waals surface area contributed by atoms with E-state index in [0.29, 0.717) is 0 Å². The van der Waals surface area contributed by atoms with Crippen LogP contribution in [0.4, 0.5) is 0 Å². The third-order valence-corrected chi connectivity index (χ3v) is 3.22. The molecule has 0 spiro atoms. The molecule has 0 aromatic heterocycles. The molecule has 2 nitrogen and oxygen atoms in total. The van der Waals surface area contributed by atoms with Gasteiger partial charge in [0, 0.05) is 18.6 Å². The van der Waals surface area contributed by atoms with Crippen LogP contribution >= 0.6 is 0 Å². The van der Waals surface area contributed by atoms with Gasteiger partial charge in [0.05, 0.1) is 0 Å². The number of nitrogens with one attached hydrogen (secondary N) is 1. The molecule has 1 rings (SSSR count). The molecule has 0 aliphatic carbocycles. The Labute approximate surface area is 112 Å². The smallest absolute Gasteiger partial charge is 0.0236 e. The van der Waals surface area contributed by atoms with Crippen LogP contribution in [0.2, 0.25) is 0 Å². The fourth-order valence-electron chi connectivity index (χ4n) is 1.93. The van der Waals surface area contributed by atoms with Gasteiger partial charge in [0.25, 0.3) is 0 Å². The molecule has 0 saturated carbocycles. The number of benzene rings is 1. The lowest BCUT2D eigenvalue weighted by Gasteiger charge is -2.23. The normalized spacial score (nSPS) is 12.1. The van der Waals surface area contributed by atoms with Gasteiger partial charge in [-0.1, -0.05) is 38.1 Å². The molecular formula is C16H28N2. The summed E-state index contributed by atoms with van der Waals surface area (Å²) < 4.78 is 0. The number of hydrogen-bond donors (Lipinski definition) is 1. The average Bonchev–Trinajstić information content (AvgIpc) is 2.33. The van der Waals surface area contributed by atoms with E-state index in [1.807, 2.05) is 0 Å². The summed E-state index contributed by atoms with van der Waals surface area (Å²) in [7, 11) is 0. The molecule has 0 fully saturated rings. The molecule has 0 atom stereocenters. The van der Waals surface area contributed by atoms with E-state index in [4.69, 9.17) is 0 Å². The molecule has 0 heterocycles.